The van der Waals surface area contributed by atoms with Crippen LogP contribution in [0.3, 0.4) is 0 Å². The summed E-state index contributed by atoms with van der Waals surface area (Å²) in [4.78, 5) is 8.75. The Balaban J connectivity index is 2.21. The van der Waals surface area contributed by atoms with Crippen LogP contribution >= 0.6 is 0 Å². The van der Waals surface area contributed by atoms with Crippen LogP contribution in [0.15, 0.2) is 40.8 Å². The second-order valence-corrected chi connectivity index (χ2v) is 8.61. The Morgan fingerprint density at radius 2 is 1.76 bits per heavy atom. The van der Waals surface area contributed by atoms with Crippen LogP contribution in [0.2, 0.25) is 0 Å². The van der Waals surface area contributed by atoms with E-state index in [2.05, 4.69) is 13.2 Å². The number of rotatable bonds is 8. The van der Waals surface area contributed by atoms with Crippen molar-refractivity contribution in [3.05, 3.63) is 35.8 Å². The number of aliphatic imine (C=N–C) groups is 1. The Kier molecular flexibility index (Phi) is 7.23. The van der Waals surface area contributed by atoms with Gasteiger partial charge < -0.3 is 9.80 Å². The highest BCUT2D eigenvalue weighted by Crippen LogP contribution is 2.36. The Hall–Kier alpha value is -1.79. The lowest BCUT2D eigenvalue weighted by atomic mass is 9.91. The number of hydrogen-bond donors (Lipinski definition) is 0. The van der Waals surface area contributed by atoms with E-state index in [-0.39, 0.29) is 6.42 Å². The number of nitrogens with zero attached hydrogens (tertiary/aromatic N) is 3. The minimum atomic E-state index is -2.72. The predicted molar refractivity (Wildman–Crippen MR) is 110 cm³/mol. The van der Waals surface area contributed by atoms with Gasteiger partial charge in [-0.2, -0.15) is 0 Å². The molecule has 0 aromatic rings. The molecule has 0 atom stereocenters. The lowest BCUT2D eigenvalue weighted by molar-refractivity contribution is -0.0594. The van der Waals surface area contributed by atoms with E-state index in [1.807, 2.05) is 23.6 Å². The molecule has 1 saturated heterocycles. The lowest BCUT2D eigenvalue weighted by Crippen LogP contribution is -2.42. The van der Waals surface area contributed by atoms with Gasteiger partial charge in [-0.1, -0.05) is 18.7 Å². The first-order valence-electron chi connectivity index (χ1n) is 10.2. The molecule has 0 aromatic carbocycles. The number of hydrogen-bond acceptors (Lipinski definition) is 3. The zero-order valence-corrected chi connectivity index (χ0v) is 18.0. The molecule has 1 fully saturated rings. The van der Waals surface area contributed by atoms with E-state index in [1.54, 1.807) is 0 Å². The van der Waals surface area contributed by atoms with Crippen LogP contribution in [0, 0.1) is 5.92 Å². The Morgan fingerprint density at radius 1 is 1.17 bits per heavy atom. The highest BCUT2D eigenvalue weighted by molar-refractivity contribution is 5.87. The molecule has 2 aliphatic rings. The molecule has 2 rings (SSSR count). The molecule has 29 heavy (non-hydrogen) atoms. The van der Waals surface area contributed by atoms with Crippen molar-refractivity contribution in [1.82, 2.24) is 9.80 Å². The number of halogens is 4. The van der Waals surface area contributed by atoms with Crippen molar-refractivity contribution in [2.45, 2.75) is 71.6 Å². The summed E-state index contributed by atoms with van der Waals surface area (Å²) < 4.78 is 53.8. The van der Waals surface area contributed by atoms with Crippen LogP contribution in [0.5, 0.6) is 0 Å². The van der Waals surface area contributed by atoms with Gasteiger partial charge in [0, 0.05) is 49.7 Å². The van der Waals surface area contributed by atoms with E-state index >= 15 is 0 Å². The van der Waals surface area contributed by atoms with Crippen molar-refractivity contribution in [3.63, 3.8) is 0 Å². The predicted octanol–water partition coefficient (Wildman–Crippen LogP) is 6.21. The standard InChI is InChI=1S/C22H33F4N3/c1-15(2)14-29-17(4)16(3)20(27-19(29)8-7-11-21(5,23)24)28-12-9-18(10-13-28)22(6,25)26/h18H,1,4,7-14H2,2-3,5-6H3. The van der Waals surface area contributed by atoms with Gasteiger partial charge in [-0.15, -0.1) is 0 Å². The Labute approximate surface area is 171 Å². The molecule has 7 heteroatoms. The van der Waals surface area contributed by atoms with Gasteiger partial charge in [0.1, 0.15) is 11.7 Å². The van der Waals surface area contributed by atoms with Crippen molar-refractivity contribution in [2.24, 2.45) is 10.9 Å². The highest BCUT2D eigenvalue weighted by Gasteiger charge is 2.37. The quantitative estimate of drug-likeness (QED) is 0.346. The molecule has 2 heterocycles. The van der Waals surface area contributed by atoms with Crippen LogP contribution in [-0.4, -0.2) is 47.1 Å². The van der Waals surface area contributed by atoms with Gasteiger partial charge in [0.2, 0.25) is 11.8 Å². The first-order chi connectivity index (χ1) is 13.3. The van der Waals surface area contributed by atoms with Crippen LogP contribution in [-0.2, 0) is 0 Å². The summed E-state index contributed by atoms with van der Waals surface area (Å²) in [5, 5.41) is 0. The van der Waals surface area contributed by atoms with Gasteiger partial charge in [0.25, 0.3) is 0 Å². The highest BCUT2D eigenvalue weighted by atomic mass is 19.3. The van der Waals surface area contributed by atoms with E-state index in [9.17, 15) is 17.6 Å². The zero-order chi connectivity index (χ0) is 22.0. The Bertz CT molecular complexity index is 690. The lowest BCUT2D eigenvalue weighted by Gasteiger charge is -2.40. The fraction of sp³-hybridized carbons (Fsp3) is 0.682. The van der Waals surface area contributed by atoms with Gasteiger partial charge >= 0.3 is 0 Å². The van der Waals surface area contributed by atoms with E-state index in [4.69, 9.17) is 4.99 Å². The molecular weight excluding hydrogens is 382 g/mol. The van der Waals surface area contributed by atoms with Crippen LogP contribution in [0.1, 0.15) is 59.8 Å². The average Bonchev–Trinajstić information content (AvgIpc) is 2.59. The van der Waals surface area contributed by atoms with Crippen molar-refractivity contribution >= 4 is 5.84 Å². The van der Waals surface area contributed by atoms with Gasteiger partial charge in [-0.05, 0) is 47.0 Å². The maximum Gasteiger partial charge on any atom is 0.248 e. The smallest absolute Gasteiger partial charge is 0.248 e. The fourth-order valence-corrected chi connectivity index (χ4v) is 3.86. The summed E-state index contributed by atoms with van der Waals surface area (Å²) in [5.74, 6) is -4.60. The van der Waals surface area contributed by atoms with Crippen molar-refractivity contribution in [3.8, 4) is 0 Å². The van der Waals surface area contributed by atoms with Gasteiger partial charge in [0.15, 0.2) is 0 Å². The zero-order valence-electron chi connectivity index (χ0n) is 18.0. The summed E-state index contributed by atoms with van der Waals surface area (Å²) in [5.41, 5.74) is 2.57. The van der Waals surface area contributed by atoms with Gasteiger partial charge in [-0.3, -0.25) is 0 Å². The maximum absolute atomic E-state index is 13.6. The van der Waals surface area contributed by atoms with Crippen molar-refractivity contribution in [1.29, 1.82) is 0 Å². The fourth-order valence-electron chi connectivity index (χ4n) is 3.86. The molecular formula is C22H33F4N3. The summed E-state index contributed by atoms with van der Waals surface area (Å²) in [6, 6.07) is 0. The number of amidine groups is 1. The van der Waals surface area contributed by atoms with Crippen LogP contribution in [0.25, 0.3) is 0 Å². The SMILES string of the molecule is C=C(C)CN1C(=C)C(C)=C(N2CCC(C(C)(F)F)CC2)N=C1CCCC(C)(F)F. The number of alkyl halides is 4. The molecule has 0 aromatic heterocycles. The molecule has 2 aliphatic heterocycles. The number of allylic oxidation sites excluding steroid dienone is 1. The molecule has 3 nitrogen and oxygen atoms in total. The summed E-state index contributed by atoms with van der Waals surface area (Å²) in [6.07, 6.45) is 1.29. The minimum Gasteiger partial charge on any atom is -0.356 e. The maximum atomic E-state index is 13.6. The first kappa shape index (κ1) is 23.5. The summed E-state index contributed by atoms with van der Waals surface area (Å²) >= 11 is 0. The van der Waals surface area contributed by atoms with Crippen LogP contribution in [0.4, 0.5) is 17.6 Å². The topological polar surface area (TPSA) is 18.8 Å². The number of piperidine rings is 1. The third-order valence-electron chi connectivity index (χ3n) is 5.60. The summed E-state index contributed by atoms with van der Waals surface area (Å²) in [6.45, 7) is 15.4. The largest absolute Gasteiger partial charge is 0.356 e. The Morgan fingerprint density at radius 3 is 2.24 bits per heavy atom. The van der Waals surface area contributed by atoms with Gasteiger partial charge in [0.05, 0.1) is 0 Å². The number of likely N-dealkylation sites (tertiary alicyclic amines) is 1. The van der Waals surface area contributed by atoms with E-state index in [1.165, 1.54) is 0 Å². The van der Waals surface area contributed by atoms with Crippen molar-refractivity contribution < 1.29 is 17.6 Å². The third-order valence-corrected chi connectivity index (χ3v) is 5.60. The minimum absolute atomic E-state index is 0.214. The molecule has 0 spiro atoms. The first-order valence-corrected chi connectivity index (χ1v) is 10.2. The molecule has 0 amide bonds. The molecule has 0 radical (unpaired) electrons. The molecule has 0 unspecified atom stereocenters. The van der Waals surface area contributed by atoms with Crippen molar-refractivity contribution in [2.75, 3.05) is 19.6 Å². The molecule has 0 saturated carbocycles. The molecule has 0 bridgehead atoms. The average molecular weight is 416 g/mol. The normalized spacial score (nSPS) is 19.7. The van der Waals surface area contributed by atoms with Gasteiger partial charge in [-0.25, -0.2) is 22.6 Å². The molecule has 0 N–H and O–H groups in total. The second-order valence-electron chi connectivity index (χ2n) is 8.61. The monoisotopic (exact) mass is 415 g/mol. The van der Waals surface area contributed by atoms with Crippen LogP contribution < -0.4 is 0 Å². The van der Waals surface area contributed by atoms with E-state index in [0.717, 1.165) is 36.5 Å². The molecule has 164 valence electrons. The summed E-state index contributed by atoms with van der Waals surface area (Å²) in [7, 11) is 0. The molecule has 0 aliphatic carbocycles. The van der Waals surface area contributed by atoms with E-state index in [0.29, 0.717) is 51.2 Å². The second kappa shape index (κ2) is 8.92. The van der Waals surface area contributed by atoms with E-state index < -0.39 is 17.8 Å². The third kappa shape index (κ3) is 6.34.